The van der Waals surface area contributed by atoms with E-state index in [0.29, 0.717) is 22.2 Å². The molecule has 0 radical (unpaired) electrons. The Bertz CT molecular complexity index is 582. The average molecular weight is 309 g/mol. The van der Waals surface area contributed by atoms with Gasteiger partial charge in [-0.15, -0.1) is 0 Å². The predicted molar refractivity (Wildman–Crippen MR) is 81.8 cm³/mol. The van der Waals surface area contributed by atoms with Crippen LogP contribution in [0.25, 0.3) is 0 Å². The summed E-state index contributed by atoms with van der Waals surface area (Å²) in [7, 11) is 0. The smallest absolute Gasteiger partial charge is 0.188 e. The lowest BCUT2D eigenvalue weighted by Crippen LogP contribution is -2.11. The zero-order valence-electron chi connectivity index (χ0n) is 10.8. The van der Waals surface area contributed by atoms with Gasteiger partial charge in [-0.2, -0.15) is 0 Å². The van der Waals surface area contributed by atoms with Crippen molar-refractivity contribution in [3.8, 4) is 0 Å². The van der Waals surface area contributed by atoms with E-state index in [2.05, 4.69) is 0 Å². The van der Waals surface area contributed by atoms with Crippen molar-refractivity contribution in [2.45, 2.75) is 6.42 Å². The highest BCUT2D eigenvalue weighted by molar-refractivity contribution is 6.42. The van der Waals surface area contributed by atoms with Gasteiger partial charge in [0.2, 0.25) is 0 Å². The molecule has 0 aliphatic rings. The maximum atomic E-state index is 11.9. The number of rotatable bonds is 6. The first-order chi connectivity index (χ1) is 9.66. The summed E-state index contributed by atoms with van der Waals surface area (Å²) in [5, 5.41) is 0.815. The largest absolute Gasteiger partial charge is 0.373 e. The van der Waals surface area contributed by atoms with E-state index in [4.69, 9.17) is 27.9 Å². The third-order valence-electron chi connectivity index (χ3n) is 2.85. The molecule has 4 heteroatoms. The molecule has 20 heavy (non-hydrogen) atoms. The lowest BCUT2D eigenvalue weighted by molar-refractivity contribution is 0.0765. The van der Waals surface area contributed by atoms with Crippen LogP contribution in [0.4, 0.5) is 0 Å². The highest BCUT2D eigenvalue weighted by Gasteiger charge is 2.08. The minimum Gasteiger partial charge on any atom is -0.373 e. The van der Waals surface area contributed by atoms with Gasteiger partial charge in [0, 0.05) is 5.56 Å². The molecule has 0 aliphatic carbocycles. The molecule has 0 N–H and O–H groups in total. The molecule has 2 aromatic carbocycles. The average Bonchev–Trinajstić information content (AvgIpc) is 2.47. The van der Waals surface area contributed by atoms with Gasteiger partial charge in [-0.3, -0.25) is 4.79 Å². The number of ketones is 1. The van der Waals surface area contributed by atoms with E-state index in [9.17, 15) is 4.79 Å². The molecule has 0 bridgehead atoms. The minimum atomic E-state index is -0.100. The minimum absolute atomic E-state index is 0.0464. The normalized spacial score (nSPS) is 10.5. The van der Waals surface area contributed by atoms with Gasteiger partial charge in [0.1, 0.15) is 6.61 Å². The van der Waals surface area contributed by atoms with Crippen LogP contribution in [-0.4, -0.2) is 19.0 Å². The van der Waals surface area contributed by atoms with Crippen LogP contribution >= 0.6 is 23.2 Å². The summed E-state index contributed by atoms with van der Waals surface area (Å²) in [5.74, 6) is -0.100. The molecular weight excluding hydrogens is 295 g/mol. The Morgan fingerprint density at radius 1 is 1.00 bits per heavy atom. The molecule has 2 rings (SSSR count). The van der Waals surface area contributed by atoms with Crippen molar-refractivity contribution in [2.75, 3.05) is 13.2 Å². The van der Waals surface area contributed by atoms with E-state index in [0.717, 1.165) is 6.42 Å². The first-order valence-corrected chi connectivity index (χ1v) is 7.02. The molecule has 0 spiro atoms. The highest BCUT2D eigenvalue weighted by atomic mass is 35.5. The molecule has 0 aromatic heterocycles. The second kappa shape index (κ2) is 7.44. The van der Waals surface area contributed by atoms with Crippen LogP contribution in [-0.2, 0) is 11.2 Å². The number of benzene rings is 2. The van der Waals surface area contributed by atoms with Gasteiger partial charge in [-0.25, -0.2) is 0 Å². The Kier molecular flexibility index (Phi) is 5.60. The third kappa shape index (κ3) is 4.34. The number of hydrogen-bond acceptors (Lipinski definition) is 2. The van der Waals surface area contributed by atoms with E-state index >= 15 is 0 Å². The maximum absolute atomic E-state index is 11.9. The Morgan fingerprint density at radius 3 is 2.45 bits per heavy atom. The molecule has 0 saturated heterocycles. The van der Waals surface area contributed by atoms with Gasteiger partial charge in [-0.05, 0) is 30.2 Å². The second-order valence-electron chi connectivity index (χ2n) is 4.34. The van der Waals surface area contributed by atoms with Crippen molar-refractivity contribution in [3.63, 3.8) is 0 Å². The van der Waals surface area contributed by atoms with Crippen molar-refractivity contribution in [1.29, 1.82) is 0 Å². The Balaban J connectivity index is 1.79. The first-order valence-electron chi connectivity index (χ1n) is 6.27. The van der Waals surface area contributed by atoms with Crippen LogP contribution in [0.2, 0.25) is 10.0 Å². The summed E-state index contributed by atoms with van der Waals surface area (Å²) in [6.07, 6.45) is 0.787. The van der Waals surface area contributed by atoms with Gasteiger partial charge in [0.15, 0.2) is 5.78 Å². The Hall–Kier alpha value is -1.35. The number of halogens is 2. The lowest BCUT2D eigenvalue weighted by atomic mass is 10.1. The third-order valence-corrected chi connectivity index (χ3v) is 3.59. The van der Waals surface area contributed by atoms with E-state index in [-0.39, 0.29) is 12.4 Å². The van der Waals surface area contributed by atoms with Crippen molar-refractivity contribution in [3.05, 3.63) is 69.7 Å². The monoisotopic (exact) mass is 308 g/mol. The van der Waals surface area contributed by atoms with Crippen LogP contribution in [0, 0.1) is 0 Å². The zero-order chi connectivity index (χ0) is 14.4. The quantitative estimate of drug-likeness (QED) is 0.582. The van der Waals surface area contributed by atoms with E-state index in [1.165, 1.54) is 5.56 Å². The molecule has 104 valence electrons. The van der Waals surface area contributed by atoms with Crippen molar-refractivity contribution in [1.82, 2.24) is 0 Å². The van der Waals surface area contributed by atoms with Gasteiger partial charge < -0.3 is 4.74 Å². The number of Topliss-reactive ketones (excluding diaryl/α,β-unsaturated/α-hetero) is 1. The number of carbonyl (C=O) groups excluding carboxylic acids is 1. The molecule has 2 aromatic rings. The summed E-state index contributed by atoms with van der Waals surface area (Å²) < 4.78 is 5.40. The van der Waals surface area contributed by atoms with Crippen LogP contribution in [0.3, 0.4) is 0 Å². The SMILES string of the molecule is O=C(COCCc1ccccc1)c1ccc(Cl)c(Cl)c1. The van der Waals surface area contributed by atoms with E-state index in [1.54, 1.807) is 18.2 Å². The van der Waals surface area contributed by atoms with Crippen molar-refractivity contribution >= 4 is 29.0 Å². The van der Waals surface area contributed by atoms with Crippen molar-refractivity contribution < 1.29 is 9.53 Å². The number of ether oxygens (including phenoxy) is 1. The number of hydrogen-bond donors (Lipinski definition) is 0. The molecule has 0 fully saturated rings. The fraction of sp³-hybridized carbons (Fsp3) is 0.188. The van der Waals surface area contributed by atoms with Crippen LogP contribution in [0.1, 0.15) is 15.9 Å². The van der Waals surface area contributed by atoms with Gasteiger partial charge in [0.25, 0.3) is 0 Å². The molecule has 0 heterocycles. The molecular formula is C16H14Cl2O2. The summed E-state index contributed by atoms with van der Waals surface area (Å²) in [5.41, 5.74) is 1.70. The van der Waals surface area contributed by atoms with Crippen LogP contribution in [0.5, 0.6) is 0 Å². The van der Waals surface area contributed by atoms with E-state index < -0.39 is 0 Å². The molecule has 0 aliphatic heterocycles. The fourth-order valence-corrected chi connectivity index (χ4v) is 2.05. The lowest BCUT2D eigenvalue weighted by Gasteiger charge is -2.05. The summed E-state index contributed by atoms with van der Waals surface area (Å²) in [4.78, 5) is 11.9. The van der Waals surface area contributed by atoms with E-state index in [1.807, 2.05) is 30.3 Å². The summed E-state index contributed by atoms with van der Waals surface area (Å²) in [6, 6.07) is 14.8. The zero-order valence-corrected chi connectivity index (χ0v) is 12.3. The standard InChI is InChI=1S/C16H14Cl2O2/c17-14-7-6-13(10-15(14)18)16(19)11-20-9-8-12-4-2-1-3-5-12/h1-7,10H,8-9,11H2. The maximum Gasteiger partial charge on any atom is 0.188 e. The molecule has 0 amide bonds. The Labute approximate surface area is 128 Å². The van der Waals surface area contributed by atoms with Crippen LogP contribution in [0.15, 0.2) is 48.5 Å². The fourth-order valence-electron chi connectivity index (χ4n) is 1.75. The summed E-state index contributed by atoms with van der Waals surface area (Å²) in [6.45, 7) is 0.557. The predicted octanol–water partition coefficient (Wildman–Crippen LogP) is 4.44. The van der Waals surface area contributed by atoms with Gasteiger partial charge in [0.05, 0.1) is 16.7 Å². The molecule has 0 atom stereocenters. The molecule has 0 saturated carbocycles. The molecule has 2 nitrogen and oxygen atoms in total. The number of carbonyl (C=O) groups is 1. The van der Waals surface area contributed by atoms with Crippen molar-refractivity contribution in [2.24, 2.45) is 0 Å². The topological polar surface area (TPSA) is 26.3 Å². The second-order valence-corrected chi connectivity index (χ2v) is 5.15. The first kappa shape index (κ1) is 15.0. The highest BCUT2D eigenvalue weighted by Crippen LogP contribution is 2.22. The van der Waals surface area contributed by atoms with Gasteiger partial charge in [-0.1, -0.05) is 53.5 Å². The Morgan fingerprint density at radius 2 is 1.75 bits per heavy atom. The van der Waals surface area contributed by atoms with Gasteiger partial charge >= 0.3 is 0 Å². The van der Waals surface area contributed by atoms with Crippen LogP contribution < -0.4 is 0 Å². The molecule has 0 unspecified atom stereocenters. The summed E-state index contributed by atoms with van der Waals surface area (Å²) >= 11 is 11.7.